The Morgan fingerprint density at radius 2 is 1.77 bits per heavy atom. The molecule has 0 spiro atoms. The van der Waals surface area contributed by atoms with Gasteiger partial charge in [-0.2, -0.15) is 0 Å². The number of rotatable bonds is 3. The van der Waals surface area contributed by atoms with Crippen LogP contribution in [0.4, 0.5) is 26.0 Å². The van der Waals surface area contributed by atoms with Crippen molar-refractivity contribution in [2.24, 2.45) is 0 Å². The molecule has 1 aliphatic heterocycles. The molecule has 1 aliphatic rings. The van der Waals surface area contributed by atoms with Gasteiger partial charge in [-0.3, -0.25) is 4.79 Å². The van der Waals surface area contributed by atoms with Crippen molar-refractivity contribution in [2.75, 3.05) is 16.8 Å². The number of fused-ring (bicyclic) bond motifs is 1. The van der Waals surface area contributed by atoms with Gasteiger partial charge in [0.1, 0.15) is 23.0 Å². The Labute approximate surface area is 148 Å². The topological polar surface area (TPSA) is 58.1 Å². The lowest BCUT2D eigenvalue weighted by Crippen LogP contribution is -2.18. The van der Waals surface area contributed by atoms with E-state index in [0.717, 1.165) is 30.8 Å². The van der Waals surface area contributed by atoms with E-state index in [2.05, 4.69) is 21.4 Å². The van der Waals surface area contributed by atoms with Crippen molar-refractivity contribution in [3.05, 3.63) is 77.8 Å². The van der Waals surface area contributed by atoms with Gasteiger partial charge in [-0.25, -0.2) is 18.7 Å². The predicted molar refractivity (Wildman–Crippen MR) is 93.5 cm³/mol. The summed E-state index contributed by atoms with van der Waals surface area (Å²) in [6, 6.07) is 11.4. The van der Waals surface area contributed by atoms with Crippen LogP contribution >= 0.6 is 0 Å². The van der Waals surface area contributed by atoms with Gasteiger partial charge in [-0.15, -0.1) is 0 Å². The normalized spacial score (nSPS) is 12.8. The van der Waals surface area contributed by atoms with Crippen LogP contribution < -0.4 is 10.2 Å². The lowest BCUT2D eigenvalue weighted by molar-refractivity contribution is 0.102. The maximum absolute atomic E-state index is 13.6. The highest BCUT2D eigenvalue weighted by molar-refractivity contribution is 6.02. The smallest absolute Gasteiger partial charge is 0.276 e. The molecule has 0 fully saturated rings. The molecule has 7 heteroatoms. The second-order valence-electron chi connectivity index (χ2n) is 5.84. The maximum atomic E-state index is 13.6. The summed E-state index contributed by atoms with van der Waals surface area (Å²) in [4.78, 5) is 22.6. The third-order valence-electron chi connectivity index (χ3n) is 4.24. The predicted octanol–water partition coefficient (Wildman–Crippen LogP) is 3.70. The first-order valence-corrected chi connectivity index (χ1v) is 8.06. The third-order valence-corrected chi connectivity index (χ3v) is 4.24. The molecule has 4 rings (SSSR count). The largest absolute Gasteiger partial charge is 0.325 e. The maximum Gasteiger partial charge on any atom is 0.276 e. The first-order chi connectivity index (χ1) is 12.6. The highest BCUT2D eigenvalue weighted by Gasteiger charge is 2.21. The van der Waals surface area contributed by atoms with Crippen LogP contribution in [-0.2, 0) is 6.42 Å². The summed E-state index contributed by atoms with van der Waals surface area (Å²) in [5, 5.41) is 2.19. The summed E-state index contributed by atoms with van der Waals surface area (Å²) in [6.45, 7) is 0.778. The monoisotopic (exact) mass is 352 g/mol. The van der Waals surface area contributed by atoms with Gasteiger partial charge in [0.2, 0.25) is 0 Å². The molecule has 1 amide bonds. The molecule has 3 aromatic rings. The van der Waals surface area contributed by atoms with Crippen LogP contribution in [0.5, 0.6) is 0 Å². The second kappa shape index (κ2) is 6.51. The van der Waals surface area contributed by atoms with Crippen LogP contribution in [0.15, 0.2) is 54.9 Å². The molecular formula is C19H14F2N4O. The third kappa shape index (κ3) is 2.88. The fourth-order valence-corrected chi connectivity index (χ4v) is 2.95. The molecule has 0 atom stereocenters. The molecular weight excluding hydrogens is 338 g/mol. The summed E-state index contributed by atoms with van der Waals surface area (Å²) >= 11 is 0. The molecule has 0 radical (unpaired) electrons. The molecule has 5 nitrogen and oxygen atoms in total. The number of halogens is 2. The fourth-order valence-electron chi connectivity index (χ4n) is 2.95. The number of para-hydroxylation sites is 2. The Kier molecular flexibility index (Phi) is 4.04. The summed E-state index contributed by atoms with van der Waals surface area (Å²) in [7, 11) is 0. The molecule has 1 aromatic heterocycles. The molecule has 0 saturated carbocycles. The molecule has 0 saturated heterocycles. The Morgan fingerprint density at radius 3 is 2.50 bits per heavy atom. The minimum Gasteiger partial charge on any atom is -0.325 e. The van der Waals surface area contributed by atoms with E-state index in [4.69, 9.17) is 0 Å². The van der Waals surface area contributed by atoms with Crippen molar-refractivity contribution in [3.63, 3.8) is 0 Å². The van der Waals surface area contributed by atoms with Gasteiger partial charge in [0.25, 0.3) is 5.91 Å². The molecule has 0 bridgehead atoms. The first-order valence-electron chi connectivity index (χ1n) is 8.06. The van der Waals surface area contributed by atoms with Crippen molar-refractivity contribution < 1.29 is 13.6 Å². The van der Waals surface area contributed by atoms with E-state index in [1.54, 1.807) is 0 Å². The Hall–Kier alpha value is -3.35. The Morgan fingerprint density at radius 1 is 1.00 bits per heavy atom. The van der Waals surface area contributed by atoms with Crippen LogP contribution in [-0.4, -0.2) is 22.4 Å². The molecule has 26 heavy (non-hydrogen) atoms. The second-order valence-corrected chi connectivity index (χ2v) is 5.84. The van der Waals surface area contributed by atoms with E-state index in [9.17, 15) is 13.6 Å². The summed E-state index contributed by atoms with van der Waals surface area (Å²) in [6.07, 6.45) is 3.69. The number of hydrogen-bond acceptors (Lipinski definition) is 4. The van der Waals surface area contributed by atoms with E-state index in [1.807, 2.05) is 23.1 Å². The van der Waals surface area contributed by atoms with Crippen molar-refractivity contribution in [1.29, 1.82) is 0 Å². The lowest BCUT2D eigenvalue weighted by atomic mass is 10.2. The number of carbonyl (C=O) groups excluding carboxylic acids is 1. The van der Waals surface area contributed by atoms with Crippen molar-refractivity contribution in [1.82, 2.24) is 9.97 Å². The zero-order valence-electron chi connectivity index (χ0n) is 13.6. The quantitative estimate of drug-likeness (QED) is 0.781. The standard InChI is InChI=1S/C19H14F2N4O/c20-13-5-3-6-14(21)18(13)24-19(26)15-10-23-17(11-22-15)25-9-8-12-4-1-2-7-16(12)25/h1-7,10-11H,8-9H2,(H,24,26). The highest BCUT2D eigenvalue weighted by Crippen LogP contribution is 2.32. The van der Waals surface area contributed by atoms with Crippen LogP contribution in [0, 0.1) is 11.6 Å². The summed E-state index contributed by atoms with van der Waals surface area (Å²) in [5.74, 6) is -1.81. The minimum atomic E-state index is -0.850. The number of amides is 1. The molecule has 130 valence electrons. The van der Waals surface area contributed by atoms with E-state index < -0.39 is 23.2 Å². The van der Waals surface area contributed by atoms with Gasteiger partial charge in [0.15, 0.2) is 5.82 Å². The number of anilines is 3. The van der Waals surface area contributed by atoms with Gasteiger partial charge in [-0.1, -0.05) is 24.3 Å². The molecule has 1 N–H and O–H groups in total. The van der Waals surface area contributed by atoms with Crippen molar-refractivity contribution in [3.8, 4) is 0 Å². The van der Waals surface area contributed by atoms with Crippen molar-refractivity contribution in [2.45, 2.75) is 6.42 Å². The van der Waals surface area contributed by atoms with E-state index in [-0.39, 0.29) is 5.69 Å². The van der Waals surface area contributed by atoms with E-state index in [1.165, 1.54) is 24.0 Å². The number of hydrogen-bond donors (Lipinski definition) is 1. The van der Waals surface area contributed by atoms with Crippen LogP contribution in [0.3, 0.4) is 0 Å². The highest BCUT2D eigenvalue weighted by atomic mass is 19.1. The van der Waals surface area contributed by atoms with Gasteiger partial charge in [0, 0.05) is 12.2 Å². The SMILES string of the molecule is O=C(Nc1c(F)cccc1F)c1cnc(N2CCc3ccccc32)cn1. The number of nitrogens with one attached hydrogen (secondary N) is 1. The van der Waals surface area contributed by atoms with Gasteiger partial charge in [0.05, 0.1) is 12.4 Å². The van der Waals surface area contributed by atoms with E-state index in [0.29, 0.717) is 5.82 Å². The Balaban J connectivity index is 1.54. The number of carbonyl (C=O) groups is 1. The summed E-state index contributed by atoms with van der Waals surface area (Å²) in [5.41, 5.74) is 1.76. The van der Waals surface area contributed by atoms with Crippen LogP contribution in [0.25, 0.3) is 0 Å². The zero-order chi connectivity index (χ0) is 18.1. The number of benzene rings is 2. The molecule has 0 aliphatic carbocycles. The lowest BCUT2D eigenvalue weighted by Gasteiger charge is -2.17. The van der Waals surface area contributed by atoms with Crippen molar-refractivity contribution >= 4 is 23.1 Å². The van der Waals surface area contributed by atoms with Gasteiger partial charge < -0.3 is 10.2 Å². The molecule has 0 unspecified atom stereocenters. The fraction of sp³-hybridized carbons (Fsp3) is 0.105. The summed E-state index contributed by atoms with van der Waals surface area (Å²) < 4.78 is 27.3. The van der Waals surface area contributed by atoms with Crippen LogP contribution in [0.2, 0.25) is 0 Å². The first kappa shape index (κ1) is 16.1. The van der Waals surface area contributed by atoms with Gasteiger partial charge in [-0.05, 0) is 30.2 Å². The molecule has 2 heterocycles. The zero-order valence-corrected chi connectivity index (χ0v) is 13.6. The Bertz CT molecular complexity index is 955. The average Bonchev–Trinajstić information content (AvgIpc) is 3.09. The van der Waals surface area contributed by atoms with Crippen LogP contribution in [0.1, 0.15) is 16.1 Å². The number of nitrogens with zero attached hydrogens (tertiary/aromatic N) is 3. The number of aromatic nitrogens is 2. The molecule has 2 aromatic carbocycles. The van der Waals surface area contributed by atoms with Gasteiger partial charge >= 0.3 is 0 Å². The minimum absolute atomic E-state index is 0.0242. The van der Waals surface area contributed by atoms with E-state index >= 15 is 0 Å². The average molecular weight is 352 g/mol.